The van der Waals surface area contributed by atoms with Crippen molar-refractivity contribution in [2.24, 2.45) is 0 Å². The number of aliphatic hydroxyl groups is 10. The minimum absolute atomic E-state index is 0.741. The smallest absolute Gasteiger partial charge is 0.187 e. The third kappa shape index (κ3) is 5.32. The summed E-state index contributed by atoms with van der Waals surface area (Å²) in [5.74, 6) is 0. The quantitative estimate of drug-likeness (QED) is 0.167. The van der Waals surface area contributed by atoms with Crippen LogP contribution in [0.2, 0.25) is 0 Å². The lowest BCUT2D eigenvalue weighted by atomic mass is 9.96. The SMILES string of the molecule is C[C@@H]1O[C@H](O[C@H]2[C@H](O)[C@@H](O)[C@H](O[C@@H]3[C@H](O)[C@@H](O)C(O)O[C@@H]3CO)O[C@@H]2CO)[C@H](O)[C@H](O)[C@H]1O. The van der Waals surface area contributed by atoms with Gasteiger partial charge in [-0.25, -0.2) is 0 Å². The van der Waals surface area contributed by atoms with Gasteiger partial charge in [-0.3, -0.25) is 0 Å². The Morgan fingerprint density at radius 1 is 0.545 bits per heavy atom. The zero-order valence-electron chi connectivity index (χ0n) is 17.6. The summed E-state index contributed by atoms with van der Waals surface area (Å²) in [7, 11) is 0. The molecule has 0 amide bonds. The average molecular weight is 488 g/mol. The van der Waals surface area contributed by atoms with E-state index in [-0.39, 0.29) is 0 Å². The third-order valence-corrected chi connectivity index (χ3v) is 6.05. The van der Waals surface area contributed by atoms with Crippen molar-refractivity contribution in [3.05, 3.63) is 0 Å². The van der Waals surface area contributed by atoms with Crippen LogP contribution in [0.15, 0.2) is 0 Å². The standard InChI is InChI=1S/C18H32O15/c1-4-7(21)8(22)12(26)17(29-4)32-15-6(3-20)31-18(13(27)10(15)24)33-14-5(2-19)30-16(28)11(25)9(14)23/h4-28H,2-3H2,1H3/t4-,5+,6+,7-,8+,9+,10+,11+,12+,13+,14-,15+,16?,17+,18-/m0/s1. The average Bonchev–Trinajstić information content (AvgIpc) is 2.80. The van der Waals surface area contributed by atoms with Crippen molar-refractivity contribution < 1.29 is 74.7 Å². The lowest BCUT2D eigenvalue weighted by Crippen LogP contribution is -2.66. The first-order valence-corrected chi connectivity index (χ1v) is 10.4. The lowest BCUT2D eigenvalue weighted by Gasteiger charge is -2.47. The van der Waals surface area contributed by atoms with Crippen molar-refractivity contribution in [1.82, 2.24) is 0 Å². The van der Waals surface area contributed by atoms with Gasteiger partial charge in [-0.05, 0) is 6.92 Å². The Kier molecular flexibility index (Phi) is 8.99. The first-order chi connectivity index (χ1) is 15.5. The van der Waals surface area contributed by atoms with E-state index in [1.807, 2.05) is 0 Å². The normalized spacial score (nSPS) is 53.7. The summed E-state index contributed by atoms with van der Waals surface area (Å²) in [6, 6.07) is 0. The molecule has 3 saturated heterocycles. The van der Waals surface area contributed by atoms with Gasteiger partial charge in [-0.1, -0.05) is 0 Å². The Bertz CT molecular complexity index is 622. The van der Waals surface area contributed by atoms with Crippen LogP contribution in [0.4, 0.5) is 0 Å². The summed E-state index contributed by atoms with van der Waals surface area (Å²) in [6.07, 6.45) is -23.7. The maximum atomic E-state index is 10.6. The van der Waals surface area contributed by atoms with Gasteiger partial charge in [0.1, 0.15) is 67.1 Å². The van der Waals surface area contributed by atoms with Crippen LogP contribution in [0.1, 0.15) is 6.92 Å². The molecule has 33 heavy (non-hydrogen) atoms. The van der Waals surface area contributed by atoms with Gasteiger partial charge in [-0.2, -0.15) is 0 Å². The molecule has 0 aromatic heterocycles. The van der Waals surface area contributed by atoms with Gasteiger partial charge in [0.15, 0.2) is 18.9 Å². The fourth-order valence-corrected chi connectivity index (χ4v) is 4.00. The number of aliphatic hydroxyl groups excluding tert-OH is 10. The maximum absolute atomic E-state index is 10.6. The molecule has 194 valence electrons. The molecule has 3 aliphatic heterocycles. The largest absolute Gasteiger partial charge is 0.394 e. The van der Waals surface area contributed by atoms with Crippen molar-refractivity contribution in [1.29, 1.82) is 0 Å². The minimum Gasteiger partial charge on any atom is -0.394 e. The molecule has 15 atom stereocenters. The Labute approximate surface area is 187 Å². The molecule has 0 aliphatic carbocycles. The molecule has 0 bridgehead atoms. The highest BCUT2D eigenvalue weighted by Crippen LogP contribution is 2.32. The molecule has 3 heterocycles. The van der Waals surface area contributed by atoms with E-state index in [1.165, 1.54) is 6.92 Å². The van der Waals surface area contributed by atoms with Crippen molar-refractivity contribution >= 4 is 0 Å². The van der Waals surface area contributed by atoms with Crippen LogP contribution in [-0.2, 0) is 23.7 Å². The number of ether oxygens (including phenoxy) is 5. The van der Waals surface area contributed by atoms with E-state index < -0.39 is 105 Å². The van der Waals surface area contributed by atoms with Crippen molar-refractivity contribution in [2.45, 2.75) is 99.0 Å². The summed E-state index contributed by atoms with van der Waals surface area (Å²) in [6.45, 7) is -0.103. The molecule has 1 unspecified atom stereocenters. The second-order valence-corrected chi connectivity index (χ2v) is 8.32. The summed E-state index contributed by atoms with van der Waals surface area (Å²) in [5.41, 5.74) is 0. The van der Waals surface area contributed by atoms with E-state index in [0.717, 1.165) is 0 Å². The molecule has 15 heteroatoms. The van der Waals surface area contributed by atoms with Crippen LogP contribution in [0.5, 0.6) is 0 Å². The van der Waals surface area contributed by atoms with E-state index in [0.29, 0.717) is 0 Å². The molecular weight excluding hydrogens is 456 g/mol. The first-order valence-electron chi connectivity index (χ1n) is 10.4. The van der Waals surface area contributed by atoms with Gasteiger partial charge in [0.05, 0.1) is 19.3 Å². The first kappa shape index (κ1) is 27.0. The van der Waals surface area contributed by atoms with Crippen LogP contribution in [-0.4, -0.2) is 156 Å². The van der Waals surface area contributed by atoms with Gasteiger partial charge in [0.25, 0.3) is 0 Å². The van der Waals surface area contributed by atoms with Gasteiger partial charge in [0, 0.05) is 0 Å². The molecule has 3 rings (SSSR count). The summed E-state index contributed by atoms with van der Waals surface area (Å²) < 4.78 is 26.6. The number of rotatable bonds is 6. The van der Waals surface area contributed by atoms with Crippen molar-refractivity contribution in [3.8, 4) is 0 Å². The monoisotopic (exact) mass is 488 g/mol. The summed E-state index contributed by atoms with van der Waals surface area (Å²) in [5, 5.41) is 99.7. The van der Waals surface area contributed by atoms with E-state index >= 15 is 0 Å². The molecule has 0 spiro atoms. The Morgan fingerprint density at radius 3 is 1.55 bits per heavy atom. The Morgan fingerprint density at radius 2 is 1.00 bits per heavy atom. The van der Waals surface area contributed by atoms with Crippen molar-refractivity contribution in [3.63, 3.8) is 0 Å². The predicted octanol–water partition coefficient (Wildman–Crippen LogP) is -6.55. The lowest BCUT2D eigenvalue weighted by molar-refractivity contribution is -0.376. The predicted molar refractivity (Wildman–Crippen MR) is 99.8 cm³/mol. The molecule has 3 fully saturated rings. The number of hydrogen-bond acceptors (Lipinski definition) is 15. The fraction of sp³-hybridized carbons (Fsp3) is 1.00. The van der Waals surface area contributed by atoms with Crippen LogP contribution in [0, 0.1) is 0 Å². The molecule has 3 aliphatic rings. The summed E-state index contributed by atoms with van der Waals surface area (Å²) in [4.78, 5) is 0. The molecule has 10 N–H and O–H groups in total. The Hall–Kier alpha value is -0.600. The topological polar surface area (TPSA) is 248 Å². The number of hydrogen-bond donors (Lipinski definition) is 10. The zero-order chi connectivity index (χ0) is 24.6. The highest BCUT2D eigenvalue weighted by molar-refractivity contribution is 4.95. The van der Waals surface area contributed by atoms with Gasteiger partial charge >= 0.3 is 0 Å². The van der Waals surface area contributed by atoms with Gasteiger partial charge in [0.2, 0.25) is 0 Å². The molecule has 0 aromatic rings. The molecular formula is C18H32O15. The third-order valence-electron chi connectivity index (χ3n) is 6.05. The fourth-order valence-electron chi connectivity index (χ4n) is 4.00. The molecule has 0 radical (unpaired) electrons. The maximum Gasteiger partial charge on any atom is 0.187 e. The zero-order valence-corrected chi connectivity index (χ0v) is 17.6. The second-order valence-electron chi connectivity index (χ2n) is 8.32. The molecule has 15 nitrogen and oxygen atoms in total. The summed E-state index contributed by atoms with van der Waals surface area (Å²) >= 11 is 0. The van der Waals surface area contributed by atoms with Gasteiger partial charge < -0.3 is 74.7 Å². The highest BCUT2D eigenvalue weighted by atomic mass is 16.7. The van der Waals surface area contributed by atoms with Gasteiger partial charge in [-0.15, -0.1) is 0 Å². The van der Waals surface area contributed by atoms with Crippen molar-refractivity contribution in [2.75, 3.05) is 13.2 Å². The molecule has 0 saturated carbocycles. The molecule has 0 aromatic carbocycles. The second kappa shape index (κ2) is 11.0. The van der Waals surface area contributed by atoms with E-state index in [4.69, 9.17) is 23.7 Å². The Balaban J connectivity index is 1.71. The van der Waals surface area contributed by atoms with E-state index in [2.05, 4.69) is 0 Å². The van der Waals surface area contributed by atoms with Crippen LogP contribution in [0.3, 0.4) is 0 Å². The van der Waals surface area contributed by atoms with E-state index in [1.54, 1.807) is 0 Å². The highest BCUT2D eigenvalue weighted by Gasteiger charge is 2.52. The van der Waals surface area contributed by atoms with Crippen LogP contribution >= 0.6 is 0 Å². The van der Waals surface area contributed by atoms with Crippen LogP contribution < -0.4 is 0 Å². The van der Waals surface area contributed by atoms with E-state index in [9.17, 15) is 51.1 Å². The minimum atomic E-state index is -1.86. The van der Waals surface area contributed by atoms with Crippen LogP contribution in [0.25, 0.3) is 0 Å².